The first-order valence-corrected chi connectivity index (χ1v) is 7.19. The number of ether oxygens (including phenoxy) is 1. The van der Waals surface area contributed by atoms with Crippen LogP contribution in [0.2, 0.25) is 0 Å². The molecule has 0 aromatic heterocycles. The number of piperidine rings is 1. The minimum Gasteiger partial charge on any atom is -0.396 e. The minimum atomic E-state index is 0.228. The SMILES string of the molecule is CCC1(CO)CCN(CC2CCOCC2)CC1. The quantitative estimate of drug-likeness (QED) is 0.816. The zero-order valence-electron chi connectivity index (χ0n) is 11.2. The molecule has 0 saturated carbocycles. The number of hydrogen-bond donors (Lipinski definition) is 1. The van der Waals surface area contributed by atoms with Crippen LogP contribution in [0.4, 0.5) is 0 Å². The Morgan fingerprint density at radius 3 is 2.41 bits per heavy atom. The minimum absolute atomic E-state index is 0.228. The van der Waals surface area contributed by atoms with Gasteiger partial charge in [-0.05, 0) is 56.5 Å². The van der Waals surface area contributed by atoms with Crippen LogP contribution in [0.25, 0.3) is 0 Å². The molecule has 0 aliphatic carbocycles. The highest BCUT2D eigenvalue weighted by molar-refractivity contribution is 4.85. The summed E-state index contributed by atoms with van der Waals surface area (Å²) in [5.41, 5.74) is 0.228. The lowest BCUT2D eigenvalue weighted by molar-refractivity contribution is 0.0168. The summed E-state index contributed by atoms with van der Waals surface area (Å²) in [6.07, 6.45) is 5.92. The van der Waals surface area contributed by atoms with Crippen LogP contribution in [0, 0.1) is 11.3 Å². The highest BCUT2D eigenvalue weighted by atomic mass is 16.5. The number of hydrogen-bond acceptors (Lipinski definition) is 3. The zero-order valence-corrected chi connectivity index (χ0v) is 11.2. The smallest absolute Gasteiger partial charge is 0.0488 e. The highest BCUT2D eigenvalue weighted by Gasteiger charge is 2.32. The fraction of sp³-hybridized carbons (Fsp3) is 1.00. The molecule has 2 fully saturated rings. The van der Waals surface area contributed by atoms with E-state index in [4.69, 9.17) is 4.74 Å². The third-order valence-corrected chi connectivity index (χ3v) is 4.86. The Balaban J connectivity index is 1.74. The molecule has 2 heterocycles. The van der Waals surface area contributed by atoms with Crippen molar-refractivity contribution in [3.05, 3.63) is 0 Å². The van der Waals surface area contributed by atoms with Gasteiger partial charge in [0.2, 0.25) is 0 Å². The van der Waals surface area contributed by atoms with Crippen molar-refractivity contribution in [1.29, 1.82) is 0 Å². The zero-order chi connectivity index (χ0) is 12.1. The summed E-state index contributed by atoms with van der Waals surface area (Å²) in [4.78, 5) is 2.60. The number of aliphatic hydroxyl groups is 1. The molecule has 0 spiro atoms. The lowest BCUT2D eigenvalue weighted by Gasteiger charge is -2.41. The average molecular weight is 241 g/mol. The van der Waals surface area contributed by atoms with E-state index in [1.165, 1.54) is 45.3 Å². The monoisotopic (exact) mass is 241 g/mol. The van der Waals surface area contributed by atoms with E-state index in [1.54, 1.807) is 0 Å². The number of aliphatic hydroxyl groups excluding tert-OH is 1. The van der Waals surface area contributed by atoms with Crippen LogP contribution in [-0.4, -0.2) is 49.5 Å². The fourth-order valence-electron chi connectivity index (χ4n) is 3.13. The van der Waals surface area contributed by atoms with Gasteiger partial charge in [-0.2, -0.15) is 0 Å². The van der Waals surface area contributed by atoms with Crippen LogP contribution in [0.3, 0.4) is 0 Å². The lowest BCUT2D eigenvalue weighted by Crippen LogP contribution is -2.44. The summed E-state index contributed by atoms with van der Waals surface area (Å²) >= 11 is 0. The standard InChI is InChI=1S/C14H27NO2/c1-2-14(12-16)5-7-15(8-6-14)11-13-3-9-17-10-4-13/h13,16H,2-12H2,1H3. The Kier molecular flexibility index (Phi) is 4.83. The maximum atomic E-state index is 9.51. The lowest BCUT2D eigenvalue weighted by atomic mass is 9.77. The molecule has 0 atom stereocenters. The van der Waals surface area contributed by atoms with E-state index >= 15 is 0 Å². The maximum Gasteiger partial charge on any atom is 0.0488 e. The Morgan fingerprint density at radius 1 is 1.24 bits per heavy atom. The van der Waals surface area contributed by atoms with E-state index < -0.39 is 0 Å². The molecule has 2 rings (SSSR count). The average Bonchev–Trinajstić information content (AvgIpc) is 2.41. The first kappa shape index (κ1) is 13.3. The van der Waals surface area contributed by atoms with Gasteiger partial charge < -0.3 is 14.7 Å². The molecule has 1 N–H and O–H groups in total. The molecule has 0 amide bonds. The second-order valence-electron chi connectivity index (χ2n) is 5.87. The van der Waals surface area contributed by atoms with E-state index in [0.717, 1.165) is 25.6 Å². The Bertz CT molecular complexity index is 212. The summed E-state index contributed by atoms with van der Waals surface area (Å²) in [5.74, 6) is 0.840. The fourth-order valence-corrected chi connectivity index (χ4v) is 3.13. The van der Waals surface area contributed by atoms with Crippen molar-refractivity contribution < 1.29 is 9.84 Å². The van der Waals surface area contributed by atoms with Gasteiger partial charge in [-0.25, -0.2) is 0 Å². The third kappa shape index (κ3) is 3.43. The molecule has 0 radical (unpaired) electrons. The second-order valence-corrected chi connectivity index (χ2v) is 5.87. The number of nitrogens with zero attached hydrogens (tertiary/aromatic N) is 1. The first-order valence-electron chi connectivity index (χ1n) is 7.19. The Labute approximate surface area is 105 Å². The second kappa shape index (κ2) is 6.17. The molecule has 0 aromatic carbocycles. The molecule has 17 heavy (non-hydrogen) atoms. The van der Waals surface area contributed by atoms with Gasteiger partial charge in [0.1, 0.15) is 0 Å². The van der Waals surface area contributed by atoms with Crippen LogP contribution in [-0.2, 0) is 4.74 Å². The van der Waals surface area contributed by atoms with Crippen LogP contribution in [0.5, 0.6) is 0 Å². The summed E-state index contributed by atoms with van der Waals surface area (Å²) in [6.45, 7) is 8.08. The van der Waals surface area contributed by atoms with E-state index in [2.05, 4.69) is 11.8 Å². The molecule has 2 aliphatic rings. The van der Waals surface area contributed by atoms with Crippen molar-refractivity contribution in [2.75, 3.05) is 39.5 Å². The summed E-state index contributed by atoms with van der Waals surface area (Å²) in [5, 5.41) is 9.51. The van der Waals surface area contributed by atoms with Crippen LogP contribution < -0.4 is 0 Å². The predicted molar refractivity (Wildman–Crippen MR) is 69.0 cm³/mol. The topological polar surface area (TPSA) is 32.7 Å². The van der Waals surface area contributed by atoms with E-state index in [9.17, 15) is 5.11 Å². The molecule has 2 saturated heterocycles. The molecule has 0 unspecified atom stereocenters. The first-order chi connectivity index (χ1) is 8.28. The number of likely N-dealkylation sites (tertiary alicyclic amines) is 1. The third-order valence-electron chi connectivity index (χ3n) is 4.86. The highest BCUT2D eigenvalue weighted by Crippen LogP contribution is 2.34. The van der Waals surface area contributed by atoms with Crippen molar-refractivity contribution in [3.63, 3.8) is 0 Å². The van der Waals surface area contributed by atoms with Gasteiger partial charge in [0, 0.05) is 26.4 Å². The van der Waals surface area contributed by atoms with Crippen molar-refractivity contribution in [2.24, 2.45) is 11.3 Å². The van der Waals surface area contributed by atoms with Crippen molar-refractivity contribution >= 4 is 0 Å². The Hall–Kier alpha value is -0.120. The predicted octanol–water partition coefficient (Wildman–Crippen LogP) is 1.90. The van der Waals surface area contributed by atoms with Gasteiger partial charge in [-0.15, -0.1) is 0 Å². The largest absolute Gasteiger partial charge is 0.396 e. The molecule has 0 aromatic rings. The summed E-state index contributed by atoms with van der Waals surface area (Å²) in [7, 11) is 0. The number of rotatable bonds is 4. The van der Waals surface area contributed by atoms with Crippen molar-refractivity contribution in [3.8, 4) is 0 Å². The van der Waals surface area contributed by atoms with Gasteiger partial charge in [0.15, 0.2) is 0 Å². The molecular weight excluding hydrogens is 214 g/mol. The molecule has 3 nitrogen and oxygen atoms in total. The maximum absolute atomic E-state index is 9.51. The molecule has 0 bridgehead atoms. The van der Waals surface area contributed by atoms with E-state index in [-0.39, 0.29) is 5.41 Å². The van der Waals surface area contributed by atoms with Crippen molar-refractivity contribution in [2.45, 2.75) is 39.0 Å². The summed E-state index contributed by atoms with van der Waals surface area (Å²) < 4.78 is 5.41. The normalized spacial score (nSPS) is 27.2. The molecular formula is C14H27NO2. The van der Waals surface area contributed by atoms with E-state index in [1.807, 2.05) is 0 Å². The van der Waals surface area contributed by atoms with Crippen LogP contribution in [0.15, 0.2) is 0 Å². The van der Waals surface area contributed by atoms with Gasteiger partial charge in [0.05, 0.1) is 0 Å². The van der Waals surface area contributed by atoms with Crippen LogP contribution in [0.1, 0.15) is 39.0 Å². The van der Waals surface area contributed by atoms with Gasteiger partial charge in [-0.1, -0.05) is 6.92 Å². The summed E-state index contributed by atoms with van der Waals surface area (Å²) in [6, 6.07) is 0. The van der Waals surface area contributed by atoms with Gasteiger partial charge in [0.25, 0.3) is 0 Å². The molecule has 2 aliphatic heterocycles. The molecule has 100 valence electrons. The van der Waals surface area contributed by atoms with E-state index in [0.29, 0.717) is 6.61 Å². The van der Waals surface area contributed by atoms with Gasteiger partial charge >= 0.3 is 0 Å². The van der Waals surface area contributed by atoms with Crippen LogP contribution >= 0.6 is 0 Å². The molecule has 3 heteroatoms. The van der Waals surface area contributed by atoms with Crippen molar-refractivity contribution in [1.82, 2.24) is 4.90 Å². The van der Waals surface area contributed by atoms with Gasteiger partial charge in [-0.3, -0.25) is 0 Å². The Morgan fingerprint density at radius 2 is 1.88 bits per heavy atom.